The van der Waals surface area contributed by atoms with Gasteiger partial charge in [-0.2, -0.15) is 0 Å². The van der Waals surface area contributed by atoms with Gasteiger partial charge in [0.05, 0.1) is 5.92 Å². The van der Waals surface area contributed by atoms with E-state index in [-0.39, 0.29) is 30.1 Å². The maximum absolute atomic E-state index is 12.5. The molecule has 1 atom stereocenters. The molecule has 2 amide bonds. The van der Waals surface area contributed by atoms with Crippen molar-refractivity contribution in [2.45, 2.75) is 26.7 Å². The lowest BCUT2D eigenvalue weighted by Gasteiger charge is -2.27. The highest BCUT2D eigenvalue weighted by Gasteiger charge is 2.35. The van der Waals surface area contributed by atoms with E-state index < -0.39 is 0 Å². The van der Waals surface area contributed by atoms with Gasteiger partial charge >= 0.3 is 0 Å². The molecule has 1 aromatic carbocycles. The van der Waals surface area contributed by atoms with E-state index >= 15 is 0 Å². The highest BCUT2D eigenvalue weighted by molar-refractivity contribution is 6.00. The second-order valence-electron chi connectivity index (χ2n) is 7.36. The number of hydrogen-bond donors (Lipinski definition) is 2. The highest BCUT2D eigenvalue weighted by atomic mass is 35.5. The maximum Gasteiger partial charge on any atom is 0.227 e. The van der Waals surface area contributed by atoms with Crippen molar-refractivity contribution in [1.29, 1.82) is 0 Å². The molecule has 2 saturated heterocycles. The van der Waals surface area contributed by atoms with E-state index in [9.17, 15) is 9.59 Å². The molecule has 2 N–H and O–H groups in total. The molecule has 0 spiro atoms. The zero-order chi connectivity index (χ0) is 18.5. The summed E-state index contributed by atoms with van der Waals surface area (Å²) in [5, 5.41) is 6.36. The average Bonchev–Trinajstić information content (AvgIpc) is 3.03. The van der Waals surface area contributed by atoms with Gasteiger partial charge in [-0.05, 0) is 44.0 Å². The summed E-state index contributed by atoms with van der Waals surface area (Å²) in [7, 11) is 0. The Morgan fingerprint density at radius 3 is 2.74 bits per heavy atom. The molecule has 0 bridgehead atoms. The fourth-order valence-electron chi connectivity index (χ4n) is 3.74. The van der Waals surface area contributed by atoms with Crippen LogP contribution in [0.15, 0.2) is 18.2 Å². The average molecular weight is 395 g/mol. The van der Waals surface area contributed by atoms with E-state index in [1.165, 1.54) is 0 Å². The van der Waals surface area contributed by atoms with Gasteiger partial charge in [-0.1, -0.05) is 12.1 Å². The molecule has 2 heterocycles. The van der Waals surface area contributed by atoms with Crippen LogP contribution in [0.5, 0.6) is 0 Å². The molecule has 1 unspecified atom stereocenters. The third kappa shape index (κ3) is 5.43. The molecule has 0 radical (unpaired) electrons. The van der Waals surface area contributed by atoms with Crippen molar-refractivity contribution in [1.82, 2.24) is 15.5 Å². The molecule has 1 aromatic rings. The summed E-state index contributed by atoms with van der Waals surface area (Å²) in [5.74, 6) is -0.201. The smallest absolute Gasteiger partial charge is 0.227 e. The molecule has 0 aliphatic carbocycles. The molecule has 150 valence electrons. The molecule has 2 aliphatic heterocycles. The molecule has 2 aliphatic rings. The van der Waals surface area contributed by atoms with Crippen LogP contribution in [0.25, 0.3) is 0 Å². The van der Waals surface area contributed by atoms with Crippen molar-refractivity contribution in [3.63, 3.8) is 0 Å². The lowest BCUT2D eigenvalue weighted by molar-refractivity contribution is -0.126. The van der Waals surface area contributed by atoms with Crippen LogP contribution < -0.4 is 15.5 Å². The first-order valence-corrected chi connectivity index (χ1v) is 9.63. The predicted molar refractivity (Wildman–Crippen MR) is 111 cm³/mol. The van der Waals surface area contributed by atoms with Crippen LogP contribution in [0.3, 0.4) is 0 Å². The van der Waals surface area contributed by atoms with Gasteiger partial charge < -0.3 is 20.4 Å². The van der Waals surface area contributed by atoms with Gasteiger partial charge in [0.2, 0.25) is 11.8 Å². The van der Waals surface area contributed by atoms with E-state index in [0.717, 1.165) is 56.0 Å². The van der Waals surface area contributed by atoms with Crippen molar-refractivity contribution < 1.29 is 9.59 Å². The summed E-state index contributed by atoms with van der Waals surface area (Å²) in [4.78, 5) is 29.1. The molecule has 2 fully saturated rings. The van der Waals surface area contributed by atoms with E-state index in [2.05, 4.69) is 15.5 Å². The minimum absolute atomic E-state index is 0. The van der Waals surface area contributed by atoms with E-state index in [4.69, 9.17) is 0 Å². The summed E-state index contributed by atoms with van der Waals surface area (Å²) >= 11 is 0. The van der Waals surface area contributed by atoms with Crippen LogP contribution in [0.1, 0.15) is 24.0 Å². The number of nitrogens with zero attached hydrogens (tertiary/aromatic N) is 2. The standard InChI is InChI=1S/C20H30N4O2.ClH/c1-15-5-3-6-18(16(15)2)24-14-17(13-19(24)25)20(26)22-7-4-10-23-11-8-21-9-12-23;/h3,5-6,17,21H,4,7-14H2,1-2H3,(H,22,26);1H. The van der Waals surface area contributed by atoms with Crippen molar-refractivity contribution in [3.05, 3.63) is 29.3 Å². The lowest BCUT2D eigenvalue weighted by Crippen LogP contribution is -2.44. The summed E-state index contributed by atoms with van der Waals surface area (Å²) in [6.45, 7) is 10.5. The molecule has 3 rings (SSSR count). The van der Waals surface area contributed by atoms with Gasteiger partial charge in [-0.25, -0.2) is 0 Å². The minimum atomic E-state index is -0.249. The number of anilines is 1. The Kier molecular flexibility index (Phi) is 8.07. The Morgan fingerprint density at radius 1 is 1.26 bits per heavy atom. The molecule has 0 saturated carbocycles. The third-order valence-corrected chi connectivity index (χ3v) is 5.52. The lowest BCUT2D eigenvalue weighted by atomic mass is 10.1. The molecular weight excluding hydrogens is 364 g/mol. The van der Waals surface area contributed by atoms with E-state index in [0.29, 0.717) is 19.5 Å². The monoisotopic (exact) mass is 394 g/mol. The number of aryl methyl sites for hydroxylation is 1. The maximum atomic E-state index is 12.5. The normalized spacial score (nSPS) is 20.4. The van der Waals surface area contributed by atoms with Crippen LogP contribution in [-0.4, -0.2) is 62.5 Å². The molecule has 6 nitrogen and oxygen atoms in total. The minimum Gasteiger partial charge on any atom is -0.356 e. The van der Waals surface area contributed by atoms with E-state index in [1.807, 2.05) is 32.0 Å². The fourth-order valence-corrected chi connectivity index (χ4v) is 3.74. The summed E-state index contributed by atoms with van der Waals surface area (Å²) in [6, 6.07) is 5.98. The second-order valence-corrected chi connectivity index (χ2v) is 7.36. The number of rotatable bonds is 6. The van der Waals surface area contributed by atoms with Crippen molar-refractivity contribution in [3.8, 4) is 0 Å². The number of carbonyl (C=O) groups is 2. The Bertz CT molecular complexity index is 661. The molecular formula is C20H31ClN4O2. The number of benzene rings is 1. The fraction of sp³-hybridized carbons (Fsp3) is 0.600. The van der Waals surface area contributed by atoms with Crippen molar-refractivity contribution in [2.24, 2.45) is 5.92 Å². The Hall–Kier alpha value is -1.63. The number of amides is 2. The number of nitrogens with one attached hydrogen (secondary N) is 2. The summed E-state index contributed by atoms with van der Waals surface area (Å²) in [5.41, 5.74) is 3.21. The zero-order valence-corrected chi connectivity index (χ0v) is 17.1. The predicted octanol–water partition coefficient (Wildman–Crippen LogP) is 1.49. The number of piperazine rings is 1. The first-order chi connectivity index (χ1) is 12.6. The Labute approximate surface area is 168 Å². The van der Waals surface area contributed by atoms with Gasteiger partial charge in [0.1, 0.15) is 0 Å². The third-order valence-electron chi connectivity index (χ3n) is 5.52. The quantitative estimate of drug-likeness (QED) is 0.717. The summed E-state index contributed by atoms with van der Waals surface area (Å²) in [6.07, 6.45) is 1.25. The summed E-state index contributed by atoms with van der Waals surface area (Å²) < 4.78 is 0. The molecule has 0 aromatic heterocycles. The Balaban J connectivity index is 0.00000261. The Morgan fingerprint density at radius 2 is 2.00 bits per heavy atom. The van der Waals surface area contributed by atoms with E-state index in [1.54, 1.807) is 4.90 Å². The van der Waals surface area contributed by atoms with Crippen LogP contribution in [0, 0.1) is 19.8 Å². The number of hydrogen-bond acceptors (Lipinski definition) is 4. The van der Waals surface area contributed by atoms with Crippen LogP contribution in [0.2, 0.25) is 0 Å². The largest absolute Gasteiger partial charge is 0.356 e. The van der Waals surface area contributed by atoms with Gasteiger partial charge in [0.25, 0.3) is 0 Å². The first-order valence-electron chi connectivity index (χ1n) is 9.63. The van der Waals surface area contributed by atoms with Gasteiger partial charge in [-0.15, -0.1) is 12.4 Å². The van der Waals surface area contributed by atoms with Gasteiger partial charge in [-0.3, -0.25) is 9.59 Å². The second kappa shape index (κ2) is 10.1. The topological polar surface area (TPSA) is 64.7 Å². The van der Waals surface area contributed by atoms with Crippen LogP contribution >= 0.6 is 12.4 Å². The van der Waals surface area contributed by atoms with Gasteiger partial charge in [0.15, 0.2) is 0 Å². The molecule has 27 heavy (non-hydrogen) atoms. The van der Waals surface area contributed by atoms with Crippen LogP contribution in [0.4, 0.5) is 5.69 Å². The number of halogens is 1. The van der Waals surface area contributed by atoms with Crippen LogP contribution in [-0.2, 0) is 9.59 Å². The van der Waals surface area contributed by atoms with Crippen molar-refractivity contribution in [2.75, 3.05) is 50.7 Å². The van der Waals surface area contributed by atoms with Crippen molar-refractivity contribution >= 4 is 29.9 Å². The van der Waals surface area contributed by atoms with Gasteiger partial charge in [0, 0.05) is 51.4 Å². The zero-order valence-electron chi connectivity index (χ0n) is 16.3. The first kappa shape index (κ1) is 21.7. The molecule has 7 heteroatoms. The number of carbonyl (C=O) groups excluding carboxylic acids is 2. The highest BCUT2D eigenvalue weighted by Crippen LogP contribution is 2.29. The SMILES string of the molecule is Cc1cccc(N2CC(C(=O)NCCCN3CCNCC3)CC2=O)c1C.Cl.